The minimum atomic E-state index is -1.31. The Balaban J connectivity index is 0.000000243. The van der Waals surface area contributed by atoms with Crippen molar-refractivity contribution in [1.29, 1.82) is 0 Å². The molecule has 7 heteroatoms. The molecule has 0 aromatic heterocycles. The lowest BCUT2D eigenvalue weighted by molar-refractivity contribution is -0.255. The van der Waals surface area contributed by atoms with E-state index in [1.54, 1.807) is 13.2 Å². The van der Waals surface area contributed by atoms with E-state index in [4.69, 9.17) is 25.4 Å². The monoisotopic (exact) mass is 332 g/mol. The number of hydrogen-bond acceptors (Lipinski definition) is 5. The summed E-state index contributed by atoms with van der Waals surface area (Å²) < 4.78 is 14.7. The van der Waals surface area contributed by atoms with Crippen LogP contribution in [0.5, 0.6) is 17.2 Å². The normalized spacial score (nSPS) is 9.29. The fourth-order valence-electron chi connectivity index (χ4n) is 1.84. The minimum absolute atomic E-state index is 0.0625. The van der Waals surface area contributed by atoms with E-state index >= 15 is 0 Å². The van der Waals surface area contributed by atoms with Crippen LogP contribution >= 0.6 is 0 Å². The average molecular weight is 332 g/mol. The number of rotatable bonds is 5. The van der Waals surface area contributed by atoms with E-state index in [2.05, 4.69) is 0 Å². The van der Waals surface area contributed by atoms with Crippen molar-refractivity contribution in [2.75, 3.05) is 21.3 Å². The van der Waals surface area contributed by atoms with E-state index in [0.29, 0.717) is 5.84 Å². The summed E-state index contributed by atoms with van der Waals surface area (Å²) in [6, 6.07) is 12.0. The van der Waals surface area contributed by atoms with Gasteiger partial charge in [-0.3, -0.25) is 11.1 Å². The predicted octanol–water partition coefficient (Wildman–Crippen LogP) is -0.773. The Bertz CT molecular complexity index is 676. The van der Waals surface area contributed by atoms with Gasteiger partial charge >= 0.3 is 0 Å². The average Bonchev–Trinajstić information content (AvgIpc) is 2.61. The molecular formula is C17H20N2O5. The summed E-state index contributed by atoms with van der Waals surface area (Å²) >= 11 is 0. The highest BCUT2D eigenvalue weighted by Gasteiger charge is 2.09. The van der Waals surface area contributed by atoms with Crippen LogP contribution in [0.4, 0.5) is 0 Å². The molecule has 0 atom stereocenters. The second-order valence-corrected chi connectivity index (χ2v) is 4.51. The molecule has 0 fully saturated rings. The highest BCUT2D eigenvalue weighted by Crippen LogP contribution is 2.26. The van der Waals surface area contributed by atoms with Crippen LogP contribution < -0.4 is 30.5 Å². The smallest absolute Gasteiger partial charge is 0.270 e. The summed E-state index contributed by atoms with van der Waals surface area (Å²) in [6.07, 6.45) is 0. The molecule has 7 nitrogen and oxygen atoms in total. The molecule has 2 aromatic carbocycles. The standard InChI is InChI=1S/C9H10O4.C8H10N2O/c1-12-6-4-3-5-7(13-2)8(6)9(10)11;1-11-7-4-2-6(3-5-7)8(9)10/h3-5H,1-2H3,(H,10,11);2-5H,1H3,(H3,9,10). The number of methoxy groups -OCH3 is 3. The van der Waals surface area contributed by atoms with Crippen LogP contribution in [0, 0.1) is 0 Å². The number of carbonyl (C=O) groups is 1. The third-order valence-corrected chi connectivity index (χ3v) is 3.06. The summed E-state index contributed by atoms with van der Waals surface area (Å²) in [5, 5.41) is 16.0. The molecule has 0 aliphatic carbocycles. The molecule has 0 bridgehead atoms. The maximum atomic E-state index is 10.7. The lowest BCUT2D eigenvalue weighted by atomic mass is 10.2. The van der Waals surface area contributed by atoms with E-state index in [0.717, 1.165) is 11.3 Å². The van der Waals surface area contributed by atoms with Gasteiger partial charge in [0, 0.05) is 0 Å². The van der Waals surface area contributed by atoms with Crippen LogP contribution in [0.25, 0.3) is 0 Å². The number of hydrogen-bond donors (Lipinski definition) is 2. The zero-order valence-corrected chi connectivity index (χ0v) is 13.7. The van der Waals surface area contributed by atoms with E-state index in [1.807, 2.05) is 24.3 Å². The SMILES string of the molecule is COc1ccc(C(N)=[NH2+])cc1.COc1cccc(OC)c1C(=O)[O-]. The van der Waals surface area contributed by atoms with Crippen molar-refractivity contribution in [3.63, 3.8) is 0 Å². The van der Waals surface area contributed by atoms with Crippen LogP contribution in [0.3, 0.4) is 0 Å². The summed E-state index contributed by atoms with van der Waals surface area (Å²) in [4.78, 5) is 10.7. The fourth-order valence-corrected chi connectivity index (χ4v) is 1.84. The maximum absolute atomic E-state index is 10.7. The Morgan fingerprint density at radius 3 is 1.79 bits per heavy atom. The Hall–Kier alpha value is -3.22. The van der Waals surface area contributed by atoms with Gasteiger partial charge in [-0.1, -0.05) is 6.07 Å². The van der Waals surface area contributed by atoms with Gasteiger partial charge in [0.1, 0.15) is 17.2 Å². The molecule has 0 aliphatic rings. The van der Waals surface area contributed by atoms with Gasteiger partial charge in [0.25, 0.3) is 5.84 Å². The molecule has 0 saturated heterocycles. The zero-order chi connectivity index (χ0) is 18.1. The first-order valence-corrected chi connectivity index (χ1v) is 6.89. The van der Waals surface area contributed by atoms with Crippen LogP contribution in [0.1, 0.15) is 15.9 Å². The highest BCUT2D eigenvalue weighted by molar-refractivity contribution is 5.93. The first-order chi connectivity index (χ1) is 11.4. The van der Waals surface area contributed by atoms with Gasteiger partial charge in [-0.2, -0.15) is 0 Å². The van der Waals surface area contributed by atoms with Gasteiger partial charge in [-0.05, 0) is 36.4 Å². The van der Waals surface area contributed by atoms with Crippen LogP contribution in [-0.4, -0.2) is 33.1 Å². The molecule has 128 valence electrons. The molecule has 0 aliphatic heterocycles. The van der Waals surface area contributed by atoms with Gasteiger partial charge in [0.05, 0.1) is 38.4 Å². The van der Waals surface area contributed by atoms with Crippen molar-refractivity contribution in [2.45, 2.75) is 0 Å². The number of carbonyl (C=O) groups excluding carboxylic acids is 1. The third-order valence-electron chi connectivity index (χ3n) is 3.06. The maximum Gasteiger partial charge on any atom is 0.270 e. The Kier molecular flexibility index (Phi) is 7.09. The van der Waals surface area contributed by atoms with Crippen LogP contribution in [-0.2, 0) is 0 Å². The summed E-state index contributed by atoms with van der Waals surface area (Å²) in [5.41, 5.74) is 6.12. The van der Waals surface area contributed by atoms with Gasteiger partial charge in [0.2, 0.25) is 0 Å². The molecule has 24 heavy (non-hydrogen) atoms. The molecule has 0 unspecified atom stereocenters. The Labute approximate surface area is 140 Å². The van der Waals surface area contributed by atoms with E-state index in [1.165, 1.54) is 26.4 Å². The number of ether oxygens (including phenoxy) is 3. The summed E-state index contributed by atoms with van der Waals surface area (Å²) in [5.74, 6) is 0.288. The number of nitrogens with two attached hydrogens (primary N) is 2. The van der Waals surface area contributed by atoms with Crippen molar-refractivity contribution in [1.82, 2.24) is 0 Å². The molecule has 2 aromatic rings. The van der Waals surface area contributed by atoms with Crippen molar-refractivity contribution < 1.29 is 29.5 Å². The van der Waals surface area contributed by atoms with Crippen LogP contribution in [0.15, 0.2) is 42.5 Å². The molecule has 0 amide bonds. The van der Waals surface area contributed by atoms with E-state index < -0.39 is 5.97 Å². The topological polar surface area (TPSA) is 119 Å². The van der Waals surface area contributed by atoms with Crippen molar-refractivity contribution in [2.24, 2.45) is 5.73 Å². The zero-order valence-electron chi connectivity index (χ0n) is 13.7. The van der Waals surface area contributed by atoms with Gasteiger partial charge in [0.15, 0.2) is 0 Å². The largest absolute Gasteiger partial charge is 0.545 e. The van der Waals surface area contributed by atoms with Crippen molar-refractivity contribution in [3.8, 4) is 17.2 Å². The summed E-state index contributed by atoms with van der Waals surface area (Å²) in [7, 11) is 4.40. The molecule has 2 rings (SSSR count). The number of carboxylic acids is 1. The first-order valence-electron chi connectivity index (χ1n) is 6.89. The third kappa shape index (κ3) is 4.91. The second kappa shape index (κ2) is 9.04. The number of benzene rings is 2. The Morgan fingerprint density at radius 2 is 1.46 bits per heavy atom. The fraction of sp³-hybridized carbons (Fsp3) is 0.176. The van der Waals surface area contributed by atoms with Crippen molar-refractivity contribution in [3.05, 3.63) is 53.6 Å². The highest BCUT2D eigenvalue weighted by atomic mass is 16.5. The first kappa shape index (κ1) is 18.8. The molecule has 0 saturated carbocycles. The van der Waals surface area contributed by atoms with Crippen molar-refractivity contribution >= 4 is 11.8 Å². The molecule has 0 spiro atoms. The minimum Gasteiger partial charge on any atom is -0.545 e. The van der Waals surface area contributed by atoms with Gasteiger partial charge in [-0.15, -0.1) is 0 Å². The molecule has 0 radical (unpaired) electrons. The molecule has 0 heterocycles. The molecule has 4 N–H and O–H groups in total. The number of aromatic carboxylic acids is 1. The second-order valence-electron chi connectivity index (χ2n) is 4.51. The van der Waals surface area contributed by atoms with Gasteiger partial charge < -0.3 is 24.1 Å². The quantitative estimate of drug-likeness (QED) is 0.548. The summed E-state index contributed by atoms with van der Waals surface area (Å²) in [6.45, 7) is 0. The number of carboxylic acid groups (broad SMARTS) is 1. The Morgan fingerprint density at radius 1 is 0.958 bits per heavy atom. The molecular weight excluding hydrogens is 312 g/mol. The van der Waals surface area contributed by atoms with E-state index in [-0.39, 0.29) is 17.1 Å². The lowest BCUT2D eigenvalue weighted by Crippen LogP contribution is -2.46. The van der Waals surface area contributed by atoms with Gasteiger partial charge in [-0.25, -0.2) is 0 Å². The van der Waals surface area contributed by atoms with E-state index in [9.17, 15) is 9.90 Å². The predicted molar refractivity (Wildman–Crippen MR) is 87.1 cm³/mol. The van der Waals surface area contributed by atoms with Crippen LogP contribution in [0.2, 0.25) is 0 Å². The lowest BCUT2D eigenvalue weighted by Gasteiger charge is -2.12. The number of amidine groups is 1.